The number of thiophene rings is 1. The summed E-state index contributed by atoms with van der Waals surface area (Å²) in [4.78, 5) is 41.3. The monoisotopic (exact) mass is 605 g/mol. The number of rotatable bonds is 12. The highest BCUT2D eigenvalue weighted by molar-refractivity contribution is 7.13. The van der Waals surface area contributed by atoms with Crippen LogP contribution in [-0.4, -0.2) is 47.1 Å². The van der Waals surface area contributed by atoms with Crippen LogP contribution in [-0.2, 0) is 22.2 Å². The molecule has 2 heterocycles. The smallest absolute Gasteiger partial charge is 0.416 e. The van der Waals surface area contributed by atoms with Crippen LogP contribution in [0.25, 0.3) is 10.4 Å². The number of carbonyl (C=O) groups excluding carboxylic acids is 1. The van der Waals surface area contributed by atoms with Crippen molar-refractivity contribution in [3.63, 3.8) is 0 Å². The molecule has 2 N–H and O–H groups in total. The molecule has 2 aromatic heterocycles. The summed E-state index contributed by atoms with van der Waals surface area (Å²) in [7, 11) is 3.47. The fourth-order valence-corrected chi connectivity index (χ4v) is 6.14. The molecular formula is C31H38F3N3O4S. The highest BCUT2D eigenvalue weighted by atomic mass is 32.1. The van der Waals surface area contributed by atoms with Crippen molar-refractivity contribution in [3.8, 4) is 10.4 Å². The molecule has 0 saturated heterocycles. The maximum absolute atomic E-state index is 13.8. The largest absolute Gasteiger partial charge is 0.481 e. The topological polar surface area (TPSA) is 91.6 Å². The second-order valence-corrected chi connectivity index (χ2v) is 12.2. The number of nitrogens with zero attached hydrogens (tertiary/aromatic N) is 2. The van der Waals surface area contributed by atoms with Crippen molar-refractivity contribution in [1.29, 1.82) is 0 Å². The number of likely N-dealkylation sites (N-methyl/N-ethyl adjacent to an activating group) is 1. The number of aliphatic carboxylic acids is 1. The quantitative estimate of drug-likeness (QED) is 0.255. The first-order valence-corrected chi connectivity index (χ1v) is 14.6. The molecule has 0 fully saturated rings. The van der Waals surface area contributed by atoms with Crippen LogP contribution in [0, 0.1) is 19.8 Å². The minimum atomic E-state index is -4.73. The summed E-state index contributed by atoms with van der Waals surface area (Å²) in [6.45, 7) is 7.97. The Morgan fingerprint density at radius 1 is 1.12 bits per heavy atom. The van der Waals surface area contributed by atoms with Crippen LogP contribution < -0.4 is 10.9 Å². The molecule has 7 nitrogen and oxygen atoms in total. The van der Waals surface area contributed by atoms with Gasteiger partial charge >= 0.3 is 12.1 Å². The maximum Gasteiger partial charge on any atom is 0.416 e. The summed E-state index contributed by atoms with van der Waals surface area (Å²) >= 11 is 1.43. The van der Waals surface area contributed by atoms with Gasteiger partial charge in [-0.3, -0.25) is 14.4 Å². The number of nitrogens with one attached hydrogen (secondary N) is 1. The molecule has 0 aliphatic carbocycles. The standard InChI is InChI=1S/C31H38F3N3O4S/c1-18(2)12-25(37-16-21(10-11-36(5)6)23(14-27(37)38)31(32,33)34)30(41)35-24(15-28(39)40)22-13-26(42-17-22)29-19(3)8-7-9-20(29)4/h7-9,13-14,16-18,24-25H,10-12,15H2,1-6H3,(H,35,41)(H,39,40)/t24-,25+/m0/s1. The average Bonchev–Trinajstić information content (AvgIpc) is 3.34. The summed E-state index contributed by atoms with van der Waals surface area (Å²) in [5.74, 6) is -1.84. The minimum Gasteiger partial charge on any atom is -0.481 e. The first-order chi connectivity index (χ1) is 19.6. The molecule has 1 aromatic carbocycles. The zero-order valence-corrected chi connectivity index (χ0v) is 25.5. The van der Waals surface area contributed by atoms with Gasteiger partial charge in [-0.2, -0.15) is 13.2 Å². The van der Waals surface area contributed by atoms with Crippen LogP contribution in [0.3, 0.4) is 0 Å². The number of aryl methyl sites for hydroxylation is 2. The third-order valence-electron chi connectivity index (χ3n) is 7.07. The molecule has 42 heavy (non-hydrogen) atoms. The Morgan fingerprint density at radius 3 is 2.31 bits per heavy atom. The lowest BCUT2D eigenvalue weighted by molar-refractivity contribution is -0.139. The van der Waals surface area contributed by atoms with Crippen molar-refractivity contribution >= 4 is 23.2 Å². The number of aromatic nitrogens is 1. The molecule has 0 bridgehead atoms. The number of halogens is 3. The van der Waals surface area contributed by atoms with E-state index in [4.69, 9.17) is 0 Å². The van der Waals surface area contributed by atoms with E-state index in [1.165, 1.54) is 11.3 Å². The predicted molar refractivity (Wildman–Crippen MR) is 159 cm³/mol. The molecule has 0 radical (unpaired) electrons. The van der Waals surface area contributed by atoms with E-state index in [0.717, 1.165) is 32.3 Å². The molecule has 0 aliphatic rings. The Morgan fingerprint density at radius 2 is 1.76 bits per heavy atom. The zero-order valence-electron chi connectivity index (χ0n) is 24.7. The number of carboxylic acids is 1. The lowest BCUT2D eigenvalue weighted by Gasteiger charge is -2.26. The second kappa shape index (κ2) is 13.7. The first-order valence-electron chi connectivity index (χ1n) is 13.7. The molecule has 1 amide bonds. The van der Waals surface area contributed by atoms with Gasteiger partial charge in [-0.05, 0) is 86.0 Å². The van der Waals surface area contributed by atoms with Gasteiger partial charge in [0.2, 0.25) is 5.91 Å². The number of carboxylic acid groups (broad SMARTS) is 1. The summed E-state index contributed by atoms with van der Waals surface area (Å²) in [5.41, 5.74) is 1.71. The molecule has 0 aliphatic heterocycles. The molecule has 2 atom stereocenters. The Labute approximate surface area is 248 Å². The number of alkyl halides is 3. The SMILES string of the molecule is Cc1cccc(C)c1-c1cc([C@H](CC(=O)O)NC(=O)[C@@H](CC(C)C)n2cc(CCN(C)C)c(C(F)(F)F)cc2=O)cs1. The second-order valence-electron chi connectivity index (χ2n) is 11.3. The summed E-state index contributed by atoms with van der Waals surface area (Å²) in [6.07, 6.45) is -3.80. The zero-order chi connectivity index (χ0) is 31.4. The fourth-order valence-electron chi connectivity index (χ4n) is 5.00. The molecule has 11 heteroatoms. The fraction of sp³-hybridized carbons (Fsp3) is 0.452. The molecule has 0 saturated carbocycles. The predicted octanol–water partition coefficient (Wildman–Crippen LogP) is 6.24. The van der Waals surface area contributed by atoms with Gasteiger partial charge in [0.25, 0.3) is 5.56 Å². The van der Waals surface area contributed by atoms with Crippen LogP contribution in [0.15, 0.2) is 46.7 Å². The van der Waals surface area contributed by atoms with Gasteiger partial charge in [0, 0.05) is 23.7 Å². The van der Waals surface area contributed by atoms with Crippen molar-refractivity contribution in [1.82, 2.24) is 14.8 Å². The third kappa shape index (κ3) is 8.32. The molecule has 3 rings (SSSR count). The van der Waals surface area contributed by atoms with Crippen molar-refractivity contribution in [3.05, 3.63) is 80.1 Å². The van der Waals surface area contributed by atoms with E-state index in [1.807, 2.05) is 52.0 Å². The lowest BCUT2D eigenvalue weighted by atomic mass is 9.98. The Hall–Kier alpha value is -3.44. The van der Waals surface area contributed by atoms with E-state index in [0.29, 0.717) is 18.2 Å². The van der Waals surface area contributed by atoms with E-state index < -0.39 is 47.7 Å². The number of carbonyl (C=O) groups is 2. The third-order valence-corrected chi connectivity index (χ3v) is 8.04. The van der Waals surface area contributed by atoms with Gasteiger partial charge < -0.3 is 19.9 Å². The van der Waals surface area contributed by atoms with Crippen LogP contribution in [0.2, 0.25) is 0 Å². The van der Waals surface area contributed by atoms with Crippen molar-refractivity contribution in [2.24, 2.45) is 5.92 Å². The highest BCUT2D eigenvalue weighted by Crippen LogP contribution is 2.36. The van der Waals surface area contributed by atoms with Crippen LogP contribution in [0.4, 0.5) is 13.2 Å². The summed E-state index contributed by atoms with van der Waals surface area (Å²) in [5, 5.41) is 14.3. The maximum atomic E-state index is 13.8. The van der Waals surface area contributed by atoms with E-state index >= 15 is 0 Å². The summed E-state index contributed by atoms with van der Waals surface area (Å²) < 4.78 is 42.5. The van der Waals surface area contributed by atoms with E-state index in [1.54, 1.807) is 24.4 Å². The number of hydrogen-bond donors (Lipinski definition) is 2. The highest BCUT2D eigenvalue weighted by Gasteiger charge is 2.35. The van der Waals surface area contributed by atoms with E-state index in [-0.39, 0.29) is 24.3 Å². The molecule has 228 valence electrons. The molecular weight excluding hydrogens is 567 g/mol. The van der Waals surface area contributed by atoms with Crippen LogP contribution in [0.5, 0.6) is 0 Å². The van der Waals surface area contributed by atoms with Gasteiger partial charge in [0.1, 0.15) is 6.04 Å². The Bertz CT molecular complexity index is 1460. The molecule has 3 aromatic rings. The van der Waals surface area contributed by atoms with E-state index in [2.05, 4.69) is 5.32 Å². The minimum absolute atomic E-state index is 0.0236. The number of amides is 1. The number of pyridine rings is 1. The Balaban J connectivity index is 2.02. The lowest BCUT2D eigenvalue weighted by Crippen LogP contribution is -2.40. The first kappa shape index (κ1) is 33.1. The van der Waals surface area contributed by atoms with Gasteiger partial charge in [0.15, 0.2) is 0 Å². The van der Waals surface area contributed by atoms with E-state index in [9.17, 15) is 32.7 Å². The van der Waals surface area contributed by atoms with Crippen molar-refractivity contribution < 1.29 is 27.9 Å². The number of benzene rings is 1. The number of hydrogen-bond acceptors (Lipinski definition) is 5. The van der Waals surface area contributed by atoms with Gasteiger partial charge in [-0.15, -0.1) is 11.3 Å². The average molecular weight is 606 g/mol. The van der Waals surface area contributed by atoms with Crippen LogP contribution >= 0.6 is 11.3 Å². The van der Waals surface area contributed by atoms with Crippen molar-refractivity contribution in [2.75, 3.05) is 20.6 Å². The summed E-state index contributed by atoms with van der Waals surface area (Å²) in [6, 6.07) is 6.31. The van der Waals surface area contributed by atoms with Gasteiger partial charge in [0.05, 0.1) is 18.0 Å². The van der Waals surface area contributed by atoms with Gasteiger partial charge in [-0.1, -0.05) is 32.0 Å². The van der Waals surface area contributed by atoms with Gasteiger partial charge in [-0.25, -0.2) is 0 Å². The van der Waals surface area contributed by atoms with Crippen LogP contribution in [0.1, 0.15) is 66.6 Å². The normalized spacial score (nSPS) is 13.4. The Kier molecular flexibility index (Phi) is 10.8. The molecule has 0 spiro atoms. The van der Waals surface area contributed by atoms with Crippen molar-refractivity contribution in [2.45, 2.75) is 65.2 Å². The molecule has 0 unspecified atom stereocenters.